The number of hydrogen-bond acceptors (Lipinski definition) is 4. The number of aryl methyl sites for hydroxylation is 1. The summed E-state index contributed by atoms with van der Waals surface area (Å²) in [5, 5.41) is 3.98. The molecule has 0 amide bonds. The molecule has 1 aliphatic rings. The lowest BCUT2D eigenvalue weighted by atomic mass is 10.3. The van der Waals surface area contributed by atoms with E-state index in [-0.39, 0.29) is 10.7 Å². The van der Waals surface area contributed by atoms with Gasteiger partial charge in [0.25, 0.3) is 0 Å². The number of aromatic nitrogens is 2. The maximum atomic E-state index is 12.3. The second-order valence-corrected chi connectivity index (χ2v) is 7.01. The van der Waals surface area contributed by atoms with Crippen LogP contribution in [0.15, 0.2) is 11.1 Å². The van der Waals surface area contributed by atoms with Gasteiger partial charge in [0.1, 0.15) is 4.90 Å². The van der Waals surface area contributed by atoms with Crippen LogP contribution >= 0.6 is 0 Å². The molecule has 0 aromatic carbocycles. The van der Waals surface area contributed by atoms with Gasteiger partial charge in [0.2, 0.25) is 10.0 Å². The summed E-state index contributed by atoms with van der Waals surface area (Å²) >= 11 is 0. The average molecular weight is 272 g/mol. The van der Waals surface area contributed by atoms with E-state index < -0.39 is 10.0 Å². The molecule has 102 valence electrons. The van der Waals surface area contributed by atoms with E-state index in [1.807, 2.05) is 6.92 Å². The summed E-state index contributed by atoms with van der Waals surface area (Å²) in [6.45, 7) is 5.18. The van der Waals surface area contributed by atoms with Crippen molar-refractivity contribution in [1.82, 2.24) is 14.1 Å². The van der Waals surface area contributed by atoms with Gasteiger partial charge >= 0.3 is 0 Å². The number of nitrogen functional groups attached to an aromatic ring is 1. The predicted molar refractivity (Wildman–Crippen MR) is 69.4 cm³/mol. The Morgan fingerprint density at radius 3 is 2.67 bits per heavy atom. The maximum absolute atomic E-state index is 12.3. The highest BCUT2D eigenvalue weighted by molar-refractivity contribution is 7.89. The van der Waals surface area contributed by atoms with Crippen LogP contribution in [0.25, 0.3) is 0 Å². The van der Waals surface area contributed by atoms with Crippen molar-refractivity contribution >= 4 is 15.8 Å². The average Bonchev–Trinajstić information content (AvgIpc) is 2.85. The molecular formula is C11H20N4O2S. The van der Waals surface area contributed by atoms with E-state index >= 15 is 0 Å². The number of nitrogens with two attached hydrogens (primary N) is 1. The zero-order valence-corrected chi connectivity index (χ0v) is 11.8. The van der Waals surface area contributed by atoms with Crippen LogP contribution in [-0.4, -0.2) is 36.1 Å². The largest absolute Gasteiger partial charge is 0.381 e. The first-order chi connectivity index (χ1) is 8.36. The lowest BCUT2D eigenvalue weighted by molar-refractivity contribution is 0.445. The molecule has 0 bridgehead atoms. The normalized spacial score (nSPS) is 23.6. The molecule has 2 N–H and O–H groups in total. The molecule has 7 heteroatoms. The van der Waals surface area contributed by atoms with Crippen molar-refractivity contribution in [2.24, 2.45) is 11.8 Å². The Morgan fingerprint density at radius 1 is 1.61 bits per heavy atom. The third-order valence-corrected chi connectivity index (χ3v) is 5.37. The van der Waals surface area contributed by atoms with Crippen molar-refractivity contribution in [3.63, 3.8) is 0 Å². The number of nitrogens with zero attached hydrogens (tertiary/aromatic N) is 3. The smallest absolute Gasteiger partial charge is 0.248 e. The third-order valence-electron chi connectivity index (χ3n) is 3.53. The summed E-state index contributed by atoms with van der Waals surface area (Å²) in [6.07, 6.45) is 2.60. The Balaban J connectivity index is 2.20. The predicted octanol–water partition coefficient (Wildman–Crippen LogP) is 0.762. The van der Waals surface area contributed by atoms with E-state index in [1.165, 1.54) is 15.2 Å². The van der Waals surface area contributed by atoms with Crippen LogP contribution in [0.5, 0.6) is 0 Å². The highest BCUT2D eigenvalue weighted by Gasteiger charge is 2.37. The molecule has 0 spiro atoms. The molecule has 6 nitrogen and oxygen atoms in total. The summed E-state index contributed by atoms with van der Waals surface area (Å²) < 4.78 is 27.6. The number of anilines is 1. The second-order valence-electron chi connectivity index (χ2n) is 4.99. The van der Waals surface area contributed by atoms with E-state index in [4.69, 9.17) is 5.73 Å². The van der Waals surface area contributed by atoms with Crippen molar-refractivity contribution in [3.8, 4) is 0 Å². The van der Waals surface area contributed by atoms with Gasteiger partial charge in [0.15, 0.2) is 5.82 Å². The first-order valence-corrected chi connectivity index (χ1v) is 7.59. The lowest BCUT2D eigenvalue weighted by Crippen LogP contribution is -2.29. The van der Waals surface area contributed by atoms with E-state index in [0.29, 0.717) is 24.9 Å². The van der Waals surface area contributed by atoms with Gasteiger partial charge < -0.3 is 5.73 Å². The van der Waals surface area contributed by atoms with E-state index in [9.17, 15) is 8.42 Å². The molecule has 1 aliphatic carbocycles. The number of sulfonamides is 1. The molecule has 1 saturated carbocycles. The van der Waals surface area contributed by atoms with Crippen molar-refractivity contribution in [3.05, 3.63) is 6.20 Å². The van der Waals surface area contributed by atoms with E-state index in [0.717, 1.165) is 6.42 Å². The summed E-state index contributed by atoms with van der Waals surface area (Å²) in [5.74, 6) is 1.18. The van der Waals surface area contributed by atoms with Gasteiger partial charge in [-0.3, -0.25) is 4.68 Å². The molecule has 0 radical (unpaired) electrons. The molecule has 1 heterocycles. The molecule has 1 fully saturated rings. The summed E-state index contributed by atoms with van der Waals surface area (Å²) in [4.78, 5) is 0.111. The monoisotopic (exact) mass is 272 g/mol. The minimum atomic E-state index is -3.51. The third kappa shape index (κ3) is 2.37. The summed E-state index contributed by atoms with van der Waals surface area (Å²) in [6, 6.07) is 0. The summed E-state index contributed by atoms with van der Waals surface area (Å²) in [7, 11) is -1.91. The summed E-state index contributed by atoms with van der Waals surface area (Å²) in [5.41, 5.74) is 5.68. The highest BCUT2D eigenvalue weighted by atomic mass is 32.2. The van der Waals surface area contributed by atoms with E-state index in [1.54, 1.807) is 7.05 Å². The Morgan fingerprint density at radius 2 is 2.22 bits per heavy atom. The Kier molecular flexibility index (Phi) is 3.37. The van der Waals surface area contributed by atoms with Crippen LogP contribution in [0, 0.1) is 11.8 Å². The van der Waals surface area contributed by atoms with Gasteiger partial charge in [-0.05, 0) is 25.2 Å². The minimum absolute atomic E-state index is 0.0764. The van der Waals surface area contributed by atoms with Crippen LogP contribution in [0.2, 0.25) is 0 Å². The molecule has 1 aromatic rings. The fourth-order valence-corrected chi connectivity index (χ4v) is 3.31. The molecule has 1 aromatic heterocycles. The van der Waals surface area contributed by atoms with Crippen LogP contribution in [0.1, 0.15) is 20.3 Å². The van der Waals surface area contributed by atoms with Crippen LogP contribution in [-0.2, 0) is 16.6 Å². The van der Waals surface area contributed by atoms with Gasteiger partial charge in [-0.25, -0.2) is 12.7 Å². The molecule has 2 unspecified atom stereocenters. The van der Waals surface area contributed by atoms with Crippen LogP contribution in [0.3, 0.4) is 0 Å². The van der Waals surface area contributed by atoms with Crippen molar-refractivity contribution < 1.29 is 8.42 Å². The second kappa shape index (κ2) is 4.55. The Bertz CT molecular complexity index is 537. The van der Waals surface area contributed by atoms with Gasteiger partial charge in [0.05, 0.1) is 0 Å². The molecule has 0 aliphatic heterocycles. The standard InChI is InChI=1S/C11H20N4O2S/c1-4-15-7-10(11(12)13-15)18(16,17)14(3)6-9-5-8(9)2/h7-9H,4-6H2,1-3H3,(H2,12,13). The molecule has 18 heavy (non-hydrogen) atoms. The van der Waals surface area contributed by atoms with E-state index in [2.05, 4.69) is 12.0 Å². The fourth-order valence-electron chi connectivity index (χ4n) is 2.03. The molecule has 0 saturated heterocycles. The SMILES string of the molecule is CCn1cc(S(=O)(=O)N(C)CC2CC2C)c(N)n1. The van der Waals surface area contributed by atoms with Crippen molar-refractivity contribution in [2.75, 3.05) is 19.3 Å². The fraction of sp³-hybridized carbons (Fsp3) is 0.727. The van der Waals surface area contributed by atoms with Gasteiger partial charge in [-0.15, -0.1) is 0 Å². The maximum Gasteiger partial charge on any atom is 0.248 e. The zero-order valence-electron chi connectivity index (χ0n) is 11.0. The lowest BCUT2D eigenvalue weighted by Gasteiger charge is -2.16. The quantitative estimate of drug-likeness (QED) is 0.858. The van der Waals surface area contributed by atoms with Crippen molar-refractivity contribution in [1.29, 1.82) is 0 Å². The highest BCUT2D eigenvalue weighted by Crippen LogP contribution is 2.38. The first-order valence-electron chi connectivity index (χ1n) is 6.15. The minimum Gasteiger partial charge on any atom is -0.381 e. The Labute approximate surface area is 108 Å². The van der Waals surface area contributed by atoms with Gasteiger partial charge in [0, 0.05) is 26.3 Å². The molecular weight excluding hydrogens is 252 g/mol. The number of hydrogen-bond donors (Lipinski definition) is 1. The zero-order chi connectivity index (χ0) is 13.5. The van der Waals surface area contributed by atoms with Crippen molar-refractivity contribution in [2.45, 2.75) is 31.7 Å². The van der Waals surface area contributed by atoms with Crippen LogP contribution in [0.4, 0.5) is 5.82 Å². The molecule has 2 atom stereocenters. The van der Waals surface area contributed by atoms with Gasteiger partial charge in [-0.2, -0.15) is 5.10 Å². The molecule has 2 rings (SSSR count). The first kappa shape index (κ1) is 13.4. The Hall–Kier alpha value is -1.08. The van der Waals surface area contributed by atoms with Gasteiger partial charge in [-0.1, -0.05) is 6.92 Å². The number of rotatable bonds is 5. The van der Waals surface area contributed by atoms with Crippen LogP contribution < -0.4 is 5.73 Å². The topological polar surface area (TPSA) is 81.2 Å².